The normalized spacial score (nSPS) is 25.0. The lowest BCUT2D eigenvalue weighted by Crippen LogP contribution is -2.39. The van der Waals surface area contributed by atoms with Crippen LogP contribution in [0.25, 0.3) is 0 Å². The molecule has 0 amide bonds. The summed E-state index contributed by atoms with van der Waals surface area (Å²) in [6.07, 6.45) is 2.88. The van der Waals surface area contributed by atoms with Gasteiger partial charge in [-0.05, 0) is 78.6 Å². The van der Waals surface area contributed by atoms with Crippen molar-refractivity contribution in [1.82, 2.24) is 10.3 Å². The number of hydrogen-bond acceptors (Lipinski definition) is 3. The minimum atomic E-state index is -0.176. The first-order chi connectivity index (χ1) is 9.66. The monoisotopic (exact) mass is 418 g/mol. The van der Waals surface area contributed by atoms with Gasteiger partial charge in [-0.3, -0.25) is 4.98 Å². The van der Waals surface area contributed by atoms with Gasteiger partial charge in [0.15, 0.2) is 0 Å². The number of pyridine rings is 1. The van der Waals surface area contributed by atoms with E-state index in [0.717, 1.165) is 27.6 Å². The smallest absolute Gasteiger partial charge is 0.0719 e. The van der Waals surface area contributed by atoms with Crippen molar-refractivity contribution < 1.29 is 4.74 Å². The molecule has 0 spiro atoms. The third-order valence-corrected chi connectivity index (χ3v) is 5.17. The quantitative estimate of drug-likeness (QED) is 0.757. The second-order valence-electron chi connectivity index (χ2n) is 6.83. The summed E-state index contributed by atoms with van der Waals surface area (Å²) in [5.74, 6) is 0.373. The van der Waals surface area contributed by atoms with Gasteiger partial charge >= 0.3 is 0 Å². The first kappa shape index (κ1) is 17.4. The molecule has 0 aliphatic carbocycles. The molecule has 0 bridgehead atoms. The van der Waals surface area contributed by atoms with E-state index in [-0.39, 0.29) is 17.2 Å². The summed E-state index contributed by atoms with van der Waals surface area (Å²) in [6, 6.07) is 2.23. The molecule has 1 aromatic rings. The molecular weight excluding hydrogens is 396 g/mol. The zero-order valence-electron chi connectivity index (χ0n) is 13.3. The Labute approximate surface area is 144 Å². The molecule has 3 nitrogen and oxygen atoms in total. The van der Waals surface area contributed by atoms with E-state index < -0.39 is 0 Å². The molecular formula is C16H24Br2N2O. The maximum Gasteiger partial charge on any atom is 0.0719 e. The van der Waals surface area contributed by atoms with Crippen LogP contribution < -0.4 is 5.32 Å². The predicted octanol–water partition coefficient (Wildman–Crippen LogP) is 4.85. The van der Waals surface area contributed by atoms with Gasteiger partial charge in [0.2, 0.25) is 0 Å². The molecule has 1 aliphatic heterocycles. The van der Waals surface area contributed by atoms with Crippen LogP contribution in [-0.2, 0) is 4.74 Å². The molecule has 0 radical (unpaired) electrons. The van der Waals surface area contributed by atoms with Crippen LogP contribution in [-0.4, -0.2) is 22.7 Å². The Bertz CT molecular complexity index is 517. The molecule has 2 atom stereocenters. The highest BCUT2D eigenvalue weighted by molar-refractivity contribution is 9.11. The number of halogens is 2. The Morgan fingerprint density at radius 3 is 2.52 bits per heavy atom. The molecule has 1 fully saturated rings. The predicted molar refractivity (Wildman–Crippen MR) is 93.4 cm³/mol. The van der Waals surface area contributed by atoms with Crippen molar-refractivity contribution in [3.8, 4) is 0 Å². The standard InChI is InChI=1S/C16H24Br2N2O/c1-6-19-13(14-12(18)7-10(17)9-20-14)11-8-15(2,3)21-16(11,4)5/h7,9,11,13,19H,6,8H2,1-5H3. The fourth-order valence-electron chi connectivity index (χ4n) is 3.43. The van der Waals surface area contributed by atoms with E-state index in [1.54, 1.807) is 0 Å². The first-order valence-corrected chi connectivity index (χ1v) is 8.99. The van der Waals surface area contributed by atoms with Gasteiger partial charge in [-0.25, -0.2) is 0 Å². The third-order valence-electron chi connectivity index (χ3n) is 4.10. The van der Waals surface area contributed by atoms with Crippen LogP contribution in [0.1, 0.15) is 52.8 Å². The van der Waals surface area contributed by atoms with Crippen LogP contribution in [0.2, 0.25) is 0 Å². The van der Waals surface area contributed by atoms with E-state index in [1.807, 2.05) is 6.20 Å². The zero-order chi connectivity index (χ0) is 15.8. The van der Waals surface area contributed by atoms with Crippen molar-refractivity contribution in [3.63, 3.8) is 0 Å². The van der Waals surface area contributed by atoms with Crippen molar-refractivity contribution in [2.75, 3.05) is 6.54 Å². The van der Waals surface area contributed by atoms with E-state index in [0.29, 0.717) is 5.92 Å². The molecule has 1 N–H and O–H groups in total. The van der Waals surface area contributed by atoms with Crippen LogP contribution >= 0.6 is 31.9 Å². The van der Waals surface area contributed by atoms with Crippen molar-refractivity contribution in [2.45, 2.75) is 58.3 Å². The van der Waals surface area contributed by atoms with E-state index in [1.165, 1.54) is 0 Å². The Balaban J connectivity index is 2.39. The summed E-state index contributed by atoms with van der Waals surface area (Å²) in [7, 11) is 0. The SMILES string of the molecule is CCNC(c1ncc(Br)cc1Br)C1CC(C)(C)OC1(C)C. The van der Waals surface area contributed by atoms with Crippen molar-refractivity contribution in [2.24, 2.45) is 5.92 Å². The fourth-order valence-corrected chi connectivity index (χ4v) is 4.66. The summed E-state index contributed by atoms with van der Waals surface area (Å²) in [5, 5.41) is 3.61. The third kappa shape index (κ3) is 3.87. The van der Waals surface area contributed by atoms with Crippen LogP contribution in [0.4, 0.5) is 0 Å². The van der Waals surface area contributed by atoms with E-state index in [4.69, 9.17) is 4.74 Å². The van der Waals surface area contributed by atoms with Gasteiger partial charge in [-0.1, -0.05) is 6.92 Å². The molecule has 2 unspecified atom stereocenters. The lowest BCUT2D eigenvalue weighted by Gasteiger charge is -2.33. The maximum atomic E-state index is 6.27. The first-order valence-electron chi connectivity index (χ1n) is 7.41. The Hall–Kier alpha value is 0.0300. The Morgan fingerprint density at radius 1 is 1.38 bits per heavy atom. The Morgan fingerprint density at radius 2 is 2.05 bits per heavy atom. The van der Waals surface area contributed by atoms with E-state index in [9.17, 15) is 0 Å². The van der Waals surface area contributed by atoms with Gasteiger partial charge in [0.05, 0.1) is 22.9 Å². The van der Waals surface area contributed by atoms with Gasteiger partial charge in [0.25, 0.3) is 0 Å². The molecule has 0 saturated carbocycles. The Kier molecular flexibility index (Phi) is 5.19. The molecule has 0 aromatic carbocycles. The fraction of sp³-hybridized carbons (Fsp3) is 0.688. The molecule has 1 saturated heterocycles. The summed E-state index contributed by atoms with van der Waals surface area (Å²) in [5.41, 5.74) is 0.785. The van der Waals surface area contributed by atoms with Gasteiger partial charge in [-0.15, -0.1) is 0 Å². The van der Waals surface area contributed by atoms with Gasteiger partial charge in [0.1, 0.15) is 0 Å². The number of hydrogen-bond donors (Lipinski definition) is 1. The van der Waals surface area contributed by atoms with E-state index in [2.05, 4.69) is 82.8 Å². The van der Waals surface area contributed by atoms with Gasteiger partial charge in [-0.2, -0.15) is 0 Å². The molecule has 118 valence electrons. The van der Waals surface area contributed by atoms with Crippen molar-refractivity contribution in [1.29, 1.82) is 0 Å². The van der Waals surface area contributed by atoms with Gasteiger partial charge in [0, 0.05) is 21.1 Å². The van der Waals surface area contributed by atoms with Crippen LogP contribution in [0.3, 0.4) is 0 Å². The number of ether oxygens (including phenoxy) is 1. The highest BCUT2D eigenvalue weighted by Gasteiger charge is 2.49. The number of nitrogens with one attached hydrogen (secondary N) is 1. The highest BCUT2D eigenvalue weighted by atomic mass is 79.9. The lowest BCUT2D eigenvalue weighted by atomic mass is 9.80. The van der Waals surface area contributed by atoms with Crippen LogP contribution in [0, 0.1) is 5.92 Å². The molecule has 1 aliphatic rings. The summed E-state index contributed by atoms with van der Waals surface area (Å²) in [4.78, 5) is 4.64. The van der Waals surface area contributed by atoms with E-state index >= 15 is 0 Å². The highest BCUT2D eigenvalue weighted by Crippen LogP contribution is 2.48. The second-order valence-corrected chi connectivity index (χ2v) is 8.60. The average molecular weight is 420 g/mol. The van der Waals surface area contributed by atoms with Gasteiger partial charge < -0.3 is 10.1 Å². The van der Waals surface area contributed by atoms with Crippen LogP contribution in [0.5, 0.6) is 0 Å². The molecule has 5 heteroatoms. The van der Waals surface area contributed by atoms with Crippen molar-refractivity contribution >= 4 is 31.9 Å². The minimum Gasteiger partial charge on any atom is -0.369 e. The molecule has 21 heavy (non-hydrogen) atoms. The molecule has 2 heterocycles. The number of nitrogens with zero attached hydrogens (tertiary/aromatic N) is 1. The zero-order valence-corrected chi connectivity index (χ0v) is 16.5. The molecule has 1 aromatic heterocycles. The number of aromatic nitrogens is 1. The minimum absolute atomic E-state index is 0.0936. The van der Waals surface area contributed by atoms with Crippen LogP contribution in [0.15, 0.2) is 21.2 Å². The summed E-state index contributed by atoms with van der Waals surface area (Å²) < 4.78 is 8.28. The summed E-state index contributed by atoms with van der Waals surface area (Å²) >= 11 is 7.13. The summed E-state index contributed by atoms with van der Waals surface area (Å²) in [6.45, 7) is 11.7. The lowest BCUT2D eigenvalue weighted by molar-refractivity contribution is -0.0779. The second kappa shape index (κ2) is 6.26. The number of rotatable bonds is 4. The topological polar surface area (TPSA) is 34.2 Å². The average Bonchev–Trinajstić information content (AvgIpc) is 2.55. The molecule has 2 rings (SSSR count). The largest absolute Gasteiger partial charge is 0.369 e. The van der Waals surface area contributed by atoms with Crippen molar-refractivity contribution in [3.05, 3.63) is 26.9 Å². The maximum absolute atomic E-state index is 6.27.